The van der Waals surface area contributed by atoms with E-state index in [-0.39, 0.29) is 5.75 Å². The number of fused-ring (bicyclic) bond motifs is 8. The van der Waals surface area contributed by atoms with Crippen LogP contribution in [-0.2, 0) is 0 Å². The molecule has 0 atom stereocenters. The Bertz CT molecular complexity index is 2930. The van der Waals surface area contributed by atoms with Gasteiger partial charge in [0.2, 0.25) is 0 Å². The first-order valence-corrected chi connectivity index (χ1v) is 17.9. The summed E-state index contributed by atoms with van der Waals surface area (Å²) in [5, 5.41) is 10.2. The van der Waals surface area contributed by atoms with Crippen LogP contribution < -0.4 is 0 Å². The molecule has 0 spiro atoms. The van der Waals surface area contributed by atoms with Crippen LogP contribution in [0, 0.1) is 0 Å². The van der Waals surface area contributed by atoms with E-state index < -0.39 is 0 Å². The zero-order valence-electron chi connectivity index (χ0n) is 29.3. The van der Waals surface area contributed by atoms with Crippen LogP contribution in [0.3, 0.4) is 0 Å². The van der Waals surface area contributed by atoms with Gasteiger partial charge in [0.1, 0.15) is 5.75 Å². The fraction of sp³-hybridized carbons (Fsp3) is 0. The Morgan fingerprint density at radius 3 is 1.05 bits per heavy atom. The van der Waals surface area contributed by atoms with Crippen molar-refractivity contribution in [2.75, 3.05) is 0 Å². The summed E-state index contributed by atoms with van der Waals surface area (Å²) < 4.78 is 0. The molecule has 2 aliphatic rings. The van der Waals surface area contributed by atoms with Crippen molar-refractivity contribution in [1.29, 1.82) is 0 Å². The quantitative estimate of drug-likeness (QED) is 0.164. The summed E-state index contributed by atoms with van der Waals surface area (Å²) in [5.41, 5.74) is 16.7. The molecular weight excluding hydrogens is 679 g/mol. The molecule has 8 heterocycles. The second kappa shape index (κ2) is 13.4. The number of phenolic OH excluding ortho intramolecular Hbond substituents is 1. The van der Waals surface area contributed by atoms with Crippen LogP contribution in [0.4, 0.5) is 0 Å². The lowest BCUT2D eigenvalue weighted by atomic mass is 9.99. The Balaban J connectivity index is 1.33. The molecular formula is C47H31N7O. The minimum Gasteiger partial charge on any atom is -0.508 e. The zero-order valence-corrected chi connectivity index (χ0v) is 29.3. The molecule has 55 heavy (non-hydrogen) atoms. The molecule has 6 aromatic heterocycles. The van der Waals surface area contributed by atoms with Crippen molar-refractivity contribution >= 4 is 46.4 Å². The van der Waals surface area contributed by atoms with Crippen LogP contribution >= 0.6 is 0 Å². The summed E-state index contributed by atoms with van der Waals surface area (Å²) in [7, 11) is 0. The molecule has 8 bridgehead atoms. The minimum atomic E-state index is 0.232. The highest BCUT2D eigenvalue weighted by Crippen LogP contribution is 2.38. The number of hydrogen-bond donors (Lipinski definition) is 3. The normalized spacial score (nSPS) is 11.9. The van der Waals surface area contributed by atoms with E-state index in [2.05, 4.69) is 97.8 Å². The Morgan fingerprint density at radius 1 is 0.345 bits per heavy atom. The van der Waals surface area contributed by atoms with Gasteiger partial charge in [-0.25, -0.2) is 9.97 Å². The number of rotatable bonds is 5. The van der Waals surface area contributed by atoms with Crippen molar-refractivity contribution in [1.82, 2.24) is 34.9 Å². The highest BCUT2D eigenvalue weighted by atomic mass is 16.3. The SMILES string of the molecule is Oc1cccc(-c2ccc(-c3c4nc(c(-c5ccncc5)c5ccc([nH]5)c(-c5ccncc5)c5nc(c(-c6ccncc6)c6ccc3[nH]6)C=C5)C=C4)cc2)c1. The molecule has 10 rings (SSSR count). The number of aromatic hydroxyl groups is 1. The summed E-state index contributed by atoms with van der Waals surface area (Å²) in [6, 6.07) is 36.2. The number of phenols is 1. The fourth-order valence-corrected chi connectivity index (χ4v) is 7.49. The average molecular weight is 710 g/mol. The Labute approximate surface area is 316 Å². The smallest absolute Gasteiger partial charge is 0.116 e. The van der Waals surface area contributed by atoms with Crippen molar-refractivity contribution in [2.24, 2.45) is 0 Å². The van der Waals surface area contributed by atoms with Gasteiger partial charge in [0.15, 0.2) is 0 Å². The monoisotopic (exact) mass is 709 g/mol. The van der Waals surface area contributed by atoms with Crippen molar-refractivity contribution in [3.8, 4) is 61.4 Å². The molecule has 0 saturated carbocycles. The maximum Gasteiger partial charge on any atom is 0.116 e. The van der Waals surface area contributed by atoms with Gasteiger partial charge in [-0.05, 0) is 130 Å². The summed E-state index contributed by atoms with van der Waals surface area (Å²) in [6.45, 7) is 0. The number of H-pyrrole nitrogens is 2. The van der Waals surface area contributed by atoms with Gasteiger partial charge in [-0.15, -0.1) is 0 Å². The first-order valence-electron chi connectivity index (χ1n) is 17.9. The topological polar surface area (TPSA) is 116 Å². The van der Waals surface area contributed by atoms with E-state index in [9.17, 15) is 5.11 Å². The standard InChI is InChI=1S/C47H31N7O/c55-35-3-1-2-34(28-35)29-4-6-30(7-5-29)44-36-8-10-38(51-36)45(31-16-22-48-23-17-31)40-12-14-42(53-40)47(33-20-26-50-27-21-33)43-15-13-41(54-43)46(32-18-24-49-25-19-32)39-11-9-37(44)52-39/h1-28,51,54-55H. The third-order valence-electron chi connectivity index (χ3n) is 10.0. The molecule has 2 aliphatic heterocycles. The summed E-state index contributed by atoms with van der Waals surface area (Å²) in [4.78, 5) is 31.2. The van der Waals surface area contributed by atoms with Crippen molar-refractivity contribution < 1.29 is 5.11 Å². The number of pyridine rings is 3. The molecule has 8 aromatic rings. The fourth-order valence-electron chi connectivity index (χ4n) is 7.49. The summed E-state index contributed by atoms with van der Waals surface area (Å²) in [5.74, 6) is 0.232. The molecule has 2 aromatic carbocycles. The van der Waals surface area contributed by atoms with Gasteiger partial charge in [-0.2, -0.15) is 0 Å². The summed E-state index contributed by atoms with van der Waals surface area (Å²) in [6.07, 6.45) is 19.2. The molecule has 8 nitrogen and oxygen atoms in total. The van der Waals surface area contributed by atoms with Crippen LogP contribution in [0.5, 0.6) is 5.75 Å². The Morgan fingerprint density at radius 2 is 0.691 bits per heavy atom. The van der Waals surface area contributed by atoms with E-state index in [1.165, 1.54) is 0 Å². The molecule has 260 valence electrons. The Hall–Kier alpha value is -7.71. The van der Waals surface area contributed by atoms with Gasteiger partial charge in [0.05, 0.1) is 22.8 Å². The lowest BCUT2D eigenvalue weighted by Crippen LogP contribution is -1.90. The molecule has 0 amide bonds. The predicted octanol–water partition coefficient (Wildman–Crippen LogP) is 10.9. The molecule has 3 N–H and O–H groups in total. The van der Waals surface area contributed by atoms with Crippen molar-refractivity contribution in [3.63, 3.8) is 0 Å². The van der Waals surface area contributed by atoms with Crippen molar-refractivity contribution in [2.45, 2.75) is 0 Å². The second-order valence-electron chi connectivity index (χ2n) is 13.3. The van der Waals surface area contributed by atoms with Gasteiger partial charge < -0.3 is 15.1 Å². The van der Waals surface area contributed by atoms with E-state index >= 15 is 0 Å². The van der Waals surface area contributed by atoms with E-state index in [1.807, 2.05) is 85.7 Å². The Kier molecular flexibility index (Phi) is 7.77. The highest BCUT2D eigenvalue weighted by Gasteiger charge is 2.19. The maximum atomic E-state index is 10.2. The van der Waals surface area contributed by atoms with Crippen LogP contribution in [0.1, 0.15) is 22.8 Å². The third kappa shape index (κ3) is 5.88. The van der Waals surface area contributed by atoms with Crippen LogP contribution in [-0.4, -0.2) is 40.0 Å². The number of hydrogen-bond acceptors (Lipinski definition) is 6. The zero-order chi connectivity index (χ0) is 36.7. The number of nitrogens with zero attached hydrogens (tertiary/aromatic N) is 5. The second-order valence-corrected chi connectivity index (χ2v) is 13.3. The summed E-state index contributed by atoms with van der Waals surface area (Å²) >= 11 is 0. The molecule has 0 saturated heterocycles. The first kappa shape index (κ1) is 32.0. The van der Waals surface area contributed by atoms with Gasteiger partial charge in [-0.1, -0.05) is 36.4 Å². The maximum absolute atomic E-state index is 10.2. The van der Waals surface area contributed by atoms with E-state index in [4.69, 9.17) is 9.97 Å². The molecule has 0 aliphatic carbocycles. The van der Waals surface area contributed by atoms with Gasteiger partial charge >= 0.3 is 0 Å². The number of nitrogens with one attached hydrogen (secondary N) is 2. The average Bonchev–Trinajstić information content (AvgIpc) is 4.08. The van der Waals surface area contributed by atoms with Crippen LogP contribution in [0.2, 0.25) is 0 Å². The minimum absolute atomic E-state index is 0.232. The largest absolute Gasteiger partial charge is 0.508 e. The van der Waals surface area contributed by atoms with Crippen LogP contribution in [0.15, 0.2) is 146 Å². The molecule has 0 radical (unpaired) electrons. The van der Waals surface area contributed by atoms with Gasteiger partial charge in [0, 0.05) is 81.5 Å². The van der Waals surface area contributed by atoms with Gasteiger partial charge in [-0.3, -0.25) is 15.0 Å². The first-order chi connectivity index (χ1) is 27.2. The molecule has 8 heteroatoms. The van der Waals surface area contributed by atoms with Gasteiger partial charge in [0.25, 0.3) is 0 Å². The molecule has 0 unspecified atom stereocenters. The van der Waals surface area contributed by atoms with E-state index in [0.29, 0.717) is 0 Å². The lowest BCUT2D eigenvalue weighted by molar-refractivity contribution is 0.475. The van der Waals surface area contributed by atoms with Crippen LogP contribution in [0.25, 0.3) is 102 Å². The number of aromatic amines is 2. The predicted molar refractivity (Wildman–Crippen MR) is 221 cm³/mol. The van der Waals surface area contributed by atoms with Crippen molar-refractivity contribution in [3.05, 3.63) is 169 Å². The number of benzene rings is 2. The number of aromatic nitrogens is 7. The highest BCUT2D eigenvalue weighted by molar-refractivity contribution is 5.99. The third-order valence-corrected chi connectivity index (χ3v) is 10.0. The van der Waals surface area contributed by atoms with E-state index in [1.54, 1.807) is 12.1 Å². The lowest BCUT2D eigenvalue weighted by Gasteiger charge is -2.08. The molecule has 0 fully saturated rings. The van der Waals surface area contributed by atoms with E-state index in [0.717, 1.165) is 100 Å².